The minimum absolute atomic E-state index is 0.00258. The molecule has 0 saturated heterocycles. The number of amides is 1. The molecule has 0 bridgehead atoms. The van der Waals surface area contributed by atoms with Crippen LogP contribution in [0, 0.1) is 6.92 Å². The zero-order valence-electron chi connectivity index (χ0n) is 11.8. The Morgan fingerprint density at radius 3 is 2.70 bits per heavy atom. The Kier molecular flexibility index (Phi) is 3.74. The van der Waals surface area contributed by atoms with Gasteiger partial charge in [0.1, 0.15) is 12.4 Å². The van der Waals surface area contributed by atoms with Crippen LogP contribution in [0.3, 0.4) is 0 Å². The lowest BCUT2D eigenvalue weighted by Crippen LogP contribution is -2.30. The zero-order valence-corrected chi connectivity index (χ0v) is 11.8. The molecular weight excluding hydrogens is 258 g/mol. The second-order valence-corrected chi connectivity index (χ2v) is 4.66. The quantitative estimate of drug-likeness (QED) is 0.918. The second-order valence-electron chi connectivity index (χ2n) is 4.66. The molecule has 6 nitrogen and oxygen atoms in total. The van der Waals surface area contributed by atoms with Gasteiger partial charge in [0.25, 0.3) is 0 Å². The Hall–Kier alpha value is -2.37. The molecule has 0 unspecified atom stereocenters. The molecule has 106 valence electrons. The van der Waals surface area contributed by atoms with Crippen molar-refractivity contribution in [3.05, 3.63) is 29.6 Å². The number of aromatic nitrogens is 2. The predicted octanol–water partition coefficient (Wildman–Crippen LogP) is 1.52. The fourth-order valence-corrected chi connectivity index (χ4v) is 2.02. The van der Waals surface area contributed by atoms with Gasteiger partial charge in [0.15, 0.2) is 0 Å². The molecule has 1 aromatic heterocycles. The standard InChI is InChI=1S/C14H17N3O3/c1-4-16(3)13(18)8-17-9(2)15-11-7-10(14(19)20)5-6-12(11)17/h5-7H,4,8H2,1-3H3,(H,19,20). The van der Waals surface area contributed by atoms with Gasteiger partial charge in [-0.3, -0.25) is 4.79 Å². The summed E-state index contributed by atoms with van der Waals surface area (Å²) in [4.78, 5) is 28.9. The van der Waals surface area contributed by atoms with Gasteiger partial charge < -0.3 is 14.6 Å². The van der Waals surface area contributed by atoms with E-state index in [2.05, 4.69) is 4.98 Å². The molecule has 1 aromatic carbocycles. The van der Waals surface area contributed by atoms with Gasteiger partial charge in [-0.05, 0) is 32.0 Å². The number of carbonyl (C=O) groups is 2. The molecule has 0 saturated carbocycles. The van der Waals surface area contributed by atoms with Crippen molar-refractivity contribution in [1.82, 2.24) is 14.5 Å². The zero-order chi connectivity index (χ0) is 14.9. The highest BCUT2D eigenvalue weighted by Crippen LogP contribution is 2.18. The minimum atomic E-state index is -0.985. The molecule has 20 heavy (non-hydrogen) atoms. The van der Waals surface area contributed by atoms with Crippen molar-refractivity contribution in [3.8, 4) is 0 Å². The highest BCUT2D eigenvalue weighted by molar-refractivity contribution is 5.92. The van der Waals surface area contributed by atoms with Gasteiger partial charge in [-0.25, -0.2) is 9.78 Å². The lowest BCUT2D eigenvalue weighted by atomic mass is 10.2. The van der Waals surface area contributed by atoms with E-state index in [-0.39, 0.29) is 18.0 Å². The van der Waals surface area contributed by atoms with Gasteiger partial charge in [-0.15, -0.1) is 0 Å². The average molecular weight is 275 g/mol. The van der Waals surface area contributed by atoms with E-state index in [4.69, 9.17) is 5.11 Å². The highest BCUT2D eigenvalue weighted by atomic mass is 16.4. The molecule has 0 aliphatic rings. The number of aryl methyl sites for hydroxylation is 1. The second kappa shape index (κ2) is 5.32. The number of hydrogen-bond donors (Lipinski definition) is 1. The van der Waals surface area contributed by atoms with Crippen molar-refractivity contribution < 1.29 is 14.7 Å². The molecule has 0 spiro atoms. The number of likely N-dealkylation sites (N-methyl/N-ethyl adjacent to an activating group) is 1. The molecule has 6 heteroatoms. The van der Waals surface area contributed by atoms with Crippen LogP contribution in [-0.2, 0) is 11.3 Å². The van der Waals surface area contributed by atoms with Gasteiger partial charge in [-0.1, -0.05) is 0 Å². The molecule has 0 aliphatic carbocycles. The summed E-state index contributed by atoms with van der Waals surface area (Å²) in [6, 6.07) is 4.74. The van der Waals surface area contributed by atoms with Crippen LogP contribution < -0.4 is 0 Å². The Morgan fingerprint density at radius 2 is 2.10 bits per heavy atom. The van der Waals surface area contributed by atoms with Crippen molar-refractivity contribution in [1.29, 1.82) is 0 Å². The molecule has 0 aliphatic heterocycles. The van der Waals surface area contributed by atoms with E-state index in [1.807, 2.05) is 6.92 Å². The third-order valence-electron chi connectivity index (χ3n) is 3.38. The molecule has 1 amide bonds. The van der Waals surface area contributed by atoms with Crippen LogP contribution in [-0.4, -0.2) is 45.0 Å². The highest BCUT2D eigenvalue weighted by Gasteiger charge is 2.14. The van der Waals surface area contributed by atoms with Gasteiger partial charge in [0.05, 0.1) is 16.6 Å². The SMILES string of the molecule is CCN(C)C(=O)Cn1c(C)nc2cc(C(=O)O)ccc21. The first kappa shape index (κ1) is 14.0. The van der Waals surface area contributed by atoms with Crippen LogP contribution in [0.5, 0.6) is 0 Å². The van der Waals surface area contributed by atoms with Crippen molar-refractivity contribution in [2.24, 2.45) is 0 Å². The summed E-state index contributed by atoms with van der Waals surface area (Å²) in [6.45, 7) is 4.57. The van der Waals surface area contributed by atoms with Crippen molar-refractivity contribution in [2.75, 3.05) is 13.6 Å². The number of aromatic carboxylic acids is 1. The molecule has 0 fully saturated rings. The number of hydrogen-bond acceptors (Lipinski definition) is 3. The Labute approximate surface area is 116 Å². The molecule has 2 rings (SSSR count). The van der Waals surface area contributed by atoms with E-state index in [9.17, 15) is 9.59 Å². The lowest BCUT2D eigenvalue weighted by Gasteiger charge is -2.15. The van der Waals surface area contributed by atoms with Crippen molar-refractivity contribution in [3.63, 3.8) is 0 Å². The smallest absolute Gasteiger partial charge is 0.335 e. The maximum absolute atomic E-state index is 12.0. The summed E-state index contributed by atoms with van der Waals surface area (Å²) in [5, 5.41) is 8.98. The number of carboxylic acid groups (broad SMARTS) is 1. The number of carbonyl (C=O) groups excluding carboxylic acids is 1. The molecule has 1 heterocycles. The Balaban J connectivity index is 2.41. The van der Waals surface area contributed by atoms with Crippen molar-refractivity contribution in [2.45, 2.75) is 20.4 Å². The number of benzene rings is 1. The Bertz CT molecular complexity index is 676. The predicted molar refractivity (Wildman–Crippen MR) is 74.7 cm³/mol. The number of rotatable bonds is 4. The van der Waals surface area contributed by atoms with Gasteiger partial charge in [-0.2, -0.15) is 0 Å². The van der Waals surface area contributed by atoms with E-state index in [1.165, 1.54) is 12.1 Å². The Morgan fingerprint density at radius 1 is 1.40 bits per heavy atom. The maximum Gasteiger partial charge on any atom is 0.335 e. The first-order chi connectivity index (χ1) is 9.43. The van der Waals surface area contributed by atoms with E-state index in [0.717, 1.165) is 5.52 Å². The lowest BCUT2D eigenvalue weighted by molar-refractivity contribution is -0.130. The summed E-state index contributed by atoms with van der Waals surface area (Å²) >= 11 is 0. The van der Waals surface area contributed by atoms with Crippen molar-refractivity contribution >= 4 is 22.9 Å². The van der Waals surface area contributed by atoms with Gasteiger partial charge in [0, 0.05) is 13.6 Å². The van der Waals surface area contributed by atoms with Crippen LogP contribution in [0.1, 0.15) is 23.1 Å². The van der Waals surface area contributed by atoms with Crippen LogP contribution in [0.25, 0.3) is 11.0 Å². The van der Waals surface area contributed by atoms with E-state index < -0.39 is 5.97 Å². The number of nitrogens with zero attached hydrogens (tertiary/aromatic N) is 3. The van der Waals surface area contributed by atoms with E-state index in [1.54, 1.807) is 29.5 Å². The van der Waals surface area contributed by atoms with Crippen LogP contribution in [0.4, 0.5) is 0 Å². The first-order valence-electron chi connectivity index (χ1n) is 6.38. The summed E-state index contributed by atoms with van der Waals surface area (Å²) in [5.41, 5.74) is 1.55. The third-order valence-corrected chi connectivity index (χ3v) is 3.38. The molecule has 0 atom stereocenters. The third kappa shape index (κ3) is 2.49. The number of fused-ring (bicyclic) bond motifs is 1. The fraction of sp³-hybridized carbons (Fsp3) is 0.357. The van der Waals surface area contributed by atoms with Crippen LogP contribution in [0.15, 0.2) is 18.2 Å². The normalized spacial score (nSPS) is 10.8. The van der Waals surface area contributed by atoms with Gasteiger partial charge >= 0.3 is 5.97 Å². The summed E-state index contributed by atoms with van der Waals surface area (Å²) in [6.07, 6.45) is 0. The minimum Gasteiger partial charge on any atom is -0.478 e. The van der Waals surface area contributed by atoms with Crippen LogP contribution >= 0.6 is 0 Å². The summed E-state index contributed by atoms with van der Waals surface area (Å²) in [7, 11) is 1.75. The number of carboxylic acids is 1. The fourth-order valence-electron chi connectivity index (χ4n) is 2.02. The number of imidazole rings is 1. The molecule has 0 radical (unpaired) electrons. The maximum atomic E-state index is 12.0. The summed E-state index contributed by atoms with van der Waals surface area (Å²) in [5.74, 6) is -0.293. The monoisotopic (exact) mass is 275 g/mol. The molecule has 1 N–H and O–H groups in total. The largest absolute Gasteiger partial charge is 0.478 e. The average Bonchev–Trinajstić information content (AvgIpc) is 2.73. The van der Waals surface area contributed by atoms with Crippen LogP contribution in [0.2, 0.25) is 0 Å². The first-order valence-corrected chi connectivity index (χ1v) is 6.38. The molecular formula is C14H17N3O3. The van der Waals surface area contributed by atoms with E-state index in [0.29, 0.717) is 17.9 Å². The summed E-state index contributed by atoms with van der Waals surface area (Å²) < 4.78 is 1.80. The topological polar surface area (TPSA) is 75.4 Å². The molecule has 2 aromatic rings. The van der Waals surface area contributed by atoms with Gasteiger partial charge in [0.2, 0.25) is 5.91 Å². The van der Waals surface area contributed by atoms with E-state index >= 15 is 0 Å².